The van der Waals surface area contributed by atoms with Crippen LogP contribution in [0.4, 0.5) is 15.9 Å². The Bertz CT molecular complexity index is 1390. The highest BCUT2D eigenvalue weighted by molar-refractivity contribution is 6.30. The Labute approximate surface area is 218 Å². The molecule has 1 aliphatic carbocycles. The highest BCUT2D eigenvalue weighted by Gasteiger charge is 2.39. The van der Waals surface area contributed by atoms with Crippen molar-refractivity contribution in [2.24, 2.45) is 5.92 Å². The van der Waals surface area contributed by atoms with Crippen molar-refractivity contribution in [1.29, 1.82) is 0 Å². The number of H-pyrrole nitrogens is 1. The van der Waals surface area contributed by atoms with Gasteiger partial charge in [-0.3, -0.25) is 9.89 Å². The first-order valence-electron chi connectivity index (χ1n) is 12.5. The first-order valence-corrected chi connectivity index (χ1v) is 12.9. The Kier molecular flexibility index (Phi) is 6.38. The van der Waals surface area contributed by atoms with E-state index in [2.05, 4.69) is 47.8 Å². The van der Waals surface area contributed by atoms with E-state index in [0.29, 0.717) is 22.9 Å². The minimum absolute atomic E-state index is 0.0909. The number of hydrogen-bond acceptors (Lipinski definition) is 6. The number of carbonyl (C=O) groups is 1. The number of fused-ring (bicyclic) bond motifs is 1. The number of hydrogen-bond donors (Lipinski definition) is 3. The second-order valence-electron chi connectivity index (χ2n) is 9.81. The van der Waals surface area contributed by atoms with Gasteiger partial charge in [-0.25, -0.2) is 14.4 Å². The van der Waals surface area contributed by atoms with Gasteiger partial charge in [0, 0.05) is 29.7 Å². The molecule has 4 aromatic rings. The van der Waals surface area contributed by atoms with Gasteiger partial charge in [0.15, 0.2) is 5.65 Å². The molecular formula is C27H27ClFN7O. The monoisotopic (exact) mass is 519 g/mol. The average molecular weight is 520 g/mol. The molecule has 2 aromatic carbocycles. The standard InChI is InChI=1S/C27H27ClFN7O/c28-18-10-19(29)12-20(11-18)33-24(17-6-7-17)27(37)34-23-14-36(9-8-21(23)16-4-2-1-3-5-16)26-22-13-32-35-25(22)30-15-31-26/h1-5,10-13,15,17,21,23-24,33H,6-9,14H2,(H,34,37)(H,30,31,32,35). The number of benzene rings is 2. The van der Waals surface area contributed by atoms with Crippen molar-refractivity contribution in [2.45, 2.75) is 37.3 Å². The third-order valence-corrected chi connectivity index (χ3v) is 7.47. The minimum atomic E-state index is -0.468. The molecule has 0 spiro atoms. The summed E-state index contributed by atoms with van der Waals surface area (Å²) in [6.07, 6.45) is 6.01. The number of carbonyl (C=O) groups excluding carboxylic acids is 1. The molecule has 1 saturated carbocycles. The summed E-state index contributed by atoms with van der Waals surface area (Å²) in [5.74, 6) is 0.617. The van der Waals surface area contributed by atoms with Gasteiger partial charge < -0.3 is 15.5 Å². The second kappa shape index (κ2) is 9.97. The number of aromatic amines is 1. The van der Waals surface area contributed by atoms with Crippen LogP contribution < -0.4 is 15.5 Å². The van der Waals surface area contributed by atoms with Crippen LogP contribution in [0.15, 0.2) is 61.1 Å². The maximum atomic E-state index is 14.0. The first kappa shape index (κ1) is 23.7. The van der Waals surface area contributed by atoms with Gasteiger partial charge in [0.25, 0.3) is 0 Å². The van der Waals surface area contributed by atoms with Gasteiger partial charge in [0.2, 0.25) is 5.91 Å². The quantitative estimate of drug-likeness (QED) is 0.332. The number of amides is 1. The van der Waals surface area contributed by atoms with Crippen LogP contribution in [0.5, 0.6) is 0 Å². The van der Waals surface area contributed by atoms with E-state index in [0.717, 1.165) is 37.0 Å². The molecule has 1 saturated heterocycles. The lowest BCUT2D eigenvalue weighted by molar-refractivity contribution is -0.123. The number of nitrogens with one attached hydrogen (secondary N) is 3. The Hall–Kier alpha value is -3.72. The fraction of sp³-hybridized carbons (Fsp3) is 0.333. The van der Waals surface area contributed by atoms with E-state index in [1.165, 1.54) is 24.0 Å². The topological polar surface area (TPSA) is 98.8 Å². The van der Waals surface area contributed by atoms with Crippen LogP contribution in [0.2, 0.25) is 5.02 Å². The molecule has 6 rings (SSSR count). The highest BCUT2D eigenvalue weighted by atomic mass is 35.5. The summed E-state index contributed by atoms with van der Waals surface area (Å²) in [6.45, 7) is 1.38. The fourth-order valence-electron chi connectivity index (χ4n) is 5.31. The van der Waals surface area contributed by atoms with E-state index in [4.69, 9.17) is 11.6 Å². The molecule has 2 fully saturated rings. The lowest BCUT2D eigenvalue weighted by Crippen LogP contribution is -2.55. The van der Waals surface area contributed by atoms with Crippen molar-refractivity contribution in [3.05, 3.63) is 77.5 Å². The number of rotatable bonds is 7. The van der Waals surface area contributed by atoms with Crippen LogP contribution in [0.25, 0.3) is 11.0 Å². The van der Waals surface area contributed by atoms with Gasteiger partial charge in [-0.15, -0.1) is 0 Å². The molecule has 1 amide bonds. The zero-order valence-corrected chi connectivity index (χ0v) is 20.8. The maximum absolute atomic E-state index is 14.0. The lowest BCUT2D eigenvalue weighted by Gasteiger charge is -2.40. The zero-order valence-electron chi connectivity index (χ0n) is 20.1. The minimum Gasteiger partial charge on any atom is -0.373 e. The molecule has 2 aromatic heterocycles. The molecule has 0 radical (unpaired) electrons. The van der Waals surface area contributed by atoms with E-state index in [9.17, 15) is 9.18 Å². The van der Waals surface area contributed by atoms with Crippen LogP contribution in [0, 0.1) is 11.7 Å². The molecule has 3 atom stereocenters. The van der Waals surface area contributed by atoms with Crippen LogP contribution in [-0.2, 0) is 4.79 Å². The molecule has 3 heterocycles. The van der Waals surface area contributed by atoms with Crippen molar-refractivity contribution < 1.29 is 9.18 Å². The molecule has 3 unspecified atom stereocenters. The summed E-state index contributed by atoms with van der Waals surface area (Å²) in [5.41, 5.74) is 2.38. The van der Waals surface area contributed by atoms with E-state index in [1.54, 1.807) is 12.3 Å². The van der Waals surface area contributed by atoms with Crippen LogP contribution in [-0.4, -0.2) is 51.2 Å². The summed E-state index contributed by atoms with van der Waals surface area (Å²) in [7, 11) is 0. The average Bonchev–Trinajstić information content (AvgIpc) is 3.62. The first-order chi connectivity index (χ1) is 18.0. The van der Waals surface area contributed by atoms with E-state index in [1.807, 2.05) is 18.2 Å². The number of piperidine rings is 1. The third kappa shape index (κ3) is 5.09. The zero-order chi connectivity index (χ0) is 25.4. The van der Waals surface area contributed by atoms with Gasteiger partial charge in [-0.1, -0.05) is 41.9 Å². The van der Waals surface area contributed by atoms with Gasteiger partial charge in [-0.05, 0) is 48.9 Å². The highest BCUT2D eigenvalue weighted by Crippen LogP contribution is 2.36. The summed E-state index contributed by atoms with van der Waals surface area (Å²) >= 11 is 6.06. The third-order valence-electron chi connectivity index (χ3n) is 7.26. The Morgan fingerprint density at radius 1 is 1.14 bits per heavy atom. The van der Waals surface area contributed by atoms with Crippen LogP contribution >= 0.6 is 11.6 Å². The molecule has 10 heteroatoms. The van der Waals surface area contributed by atoms with Gasteiger partial charge in [-0.2, -0.15) is 5.10 Å². The van der Waals surface area contributed by atoms with Crippen molar-refractivity contribution in [2.75, 3.05) is 23.3 Å². The predicted molar refractivity (Wildman–Crippen MR) is 141 cm³/mol. The van der Waals surface area contributed by atoms with Crippen LogP contribution in [0.3, 0.4) is 0 Å². The van der Waals surface area contributed by atoms with Crippen molar-refractivity contribution in [1.82, 2.24) is 25.5 Å². The summed E-state index contributed by atoms with van der Waals surface area (Å²) < 4.78 is 14.0. The van der Waals surface area contributed by atoms with E-state index < -0.39 is 11.9 Å². The number of halogens is 2. The summed E-state index contributed by atoms with van der Waals surface area (Å²) in [4.78, 5) is 24.7. The Balaban J connectivity index is 1.26. The second-order valence-corrected chi connectivity index (χ2v) is 10.3. The number of anilines is 2. The molecule has 2 aliphatic rings. The molecular weight excluding hydrogens is 493 g/mol. The maximum Gasteiger partial charge on any atom is 0.243 e. The summed E-state index contributed by atoms with van der Waals surface area (Å²) in [5, 5.41) is 14.8. The number of aromatic nitrogens is 4. The van der Waals surface area contributed by atoms with Gasteiger partial charge in [0.1, 0.15) is 24.0 Å². The lowest BCUT2D eigenvalue weighted by atomic mass is 9.85. The summed E-state index contributed by atoms with van der Waals surface area (Å²) in [6, 6.07) is 13.9. The molecule has 8 nitrogen and oxygen atoms in total. The van der Waals surface area contributed by atoms with E-state index >= 15 is 0 Å². The van der Waals surface area contributed by atoms with Gasteiger partial charge in [0.05, 0.1) is 17.6 Å². The largest absolute Gasteiger partial charge is 0.373 e. The smallest absolute Gasteiger partial charge is 0.243 e. The predicted octanol–water partition coefficient (Wildman–Crippen LogP) is 4.51. The van der Waals surface area contributed by atoms with Crippen molar-refractivity contribution in [3.63, 3.8) is 0 Å². The fourth-order valence-corrected chi connectivity index (χ4v) is 5.53. The molecule has 0 bridgehead atoms. The molecule has 37 heavy (non-hydrogen) atoms. The molecule has 3 N–H and O–H groups in total. The van der Waals surface area contributed by atoms with E-state index in [-0.39, 0.29) is 23.8 Å². The Morgan fingerprint density at radius 3 is 2.76 bits per heavy atom. The van der Waals surface area contributed by atoms with Crippen molar-refractivity contribution in [3.8, 4) is 0 Å². The molecule has 190 valence electrons. The SMILES string of the molecule is O=C(NC1CN(c2ncnc3[nH]ncc23)CCC1c1ccccc1)C(Nc1cc(F)cc(Cl)c1)C1CC1. The Morgan fingerprint density at radius 2 is 1.97 bits per heavy atom. The van der Waals surface area contributed by atoms with Crippen LogP contribution in [0.1, 0.15) is 30.7 Å². The molecule has 1 aliphatic heterocycles. The normalized spacial score (nSPS) is 20.5. The van der Waals surface area contributed by atoms with Crippen molar-refractivity contribution >= 4 is 40.0 Å². The number of nitrogens with zero attached hydrogens (tertiary/aromatic N) is 4. The van der Waals surface area contributed by atoms with Gasteiger partial charge >= 0.3 is 0 Å².